The van der Waals surface area contributed by atoms with Crippen LogP contribution in [0.4, 0.5) is 4.79 Å². The second-order valence-corrected chi connectivity index (χ2v) is 21.3. The van der Waals surface area contributed by atoms with Crippen molar-refractivity contribution in [2.75, 3.05) is 13.2 Å². The minimum atomic E-state index is -0.862. The van der Waals surface area contributed by atoms with Gasteiger partial charge in [-0.3, -0.25) is 9.59 Å². The molecule has 1 aromatic rings. The van der Waals surface area contributed by atoms with E-state index in [4.69, 9.17) is 9.47 Å². The van der Waals surface area contributed by atoms with E-state index in [0.29, 0.717) is 19.4 Å². The molecule has 7 heteroatoms. The molecule has 2 rings (SSSR count). The van der Waals surface area contributed by atoms with E-state index in [2.05, 4.69) is 79.9 Å². The van der Waals surface area contributed by atoms with Gasteiger partial charge >= 0.3 is 6.09 Å². The molecular weight excluding hydrogens is 709 g/mol. The summed E-state index contributed by atoms with van der Waals surface area (Å²) in [6.07, 6.45) is 15.6. The van der Waals surface area contributed by atoms with Crippen molar-refractivity contribution in [1.29, 1.82) is 0 Å². The fourth-order valence-electron chi connectivity index (χ4n) is 8.52. The van der Waals surface area contributed by atoms with Gasteiger partial charge in [-0.15, -0.1) is 0 Å². The molecule has 1 heterocycles. The van der Waals surface area contributed by atoms with Gasteiger partial charge in [0, 0.05) is 23.1 Å². The second-order valence-electron chi connectivity index (χ2n) is 21.3. The molecule has 0 radical (unpaired) electrons. The lowest BCUT2D eigenvalue weighted by Gasteiger charge is -2.39. The Morgan fingerprint density at radius 2 is 1.35 bits per heavy atom. The Morgan fingerprint density at radius 1 is 0.772 bits per heavy atom. The minimum absolute atomic E-state index is 0.00512. The Hall–Kier alpha value is -2.41. The van der Waals surface area contributed by atoms with Crippen LogP contribution in [0.2, 0.25) is 0 Å². The fraction of sp³-hybridized carbons (Fsp3) is 0.820. The summed E-state index contributed by atoms with van der Waals surface area (Å²) in [5.41, 5.74) is 3.23. The van der Waals surface area contributed by atoms with Crippen LogP contribution in [0.1, 0.15) is 213 Å². The first-order valence-corrected chi connectivity index (χ1v) is 22.9. The van der Waals surface area contributed by atoms with Gasteiger partial charge < -0.3 is 20.1 Å². The quantitative estimate of drug-likeness (QED) is 0.0799. The molecule has 7 nitrogen and oxygen atoms in total. The number of fused-ring (bicyclic) bond motifs is 1. The van der Waals surface area contributed by atoms with E-state index in [-0.39, 0.29) is 35.4 Å². The van der Waals surface area contributed by atoms with Gasteiger partial charge in [0.2, 0.25) is 0 Å². The predicted molar refractivity (Wildman–Crippen MR) is 240 cm³/mol. The molecule has 0 bridgehead atoms. The first kappa shape index (κ1) is 50.7. The number of nitrogens with one attached hydrogen (secondary N) is 2. The minimum Gasteiger partial charge on any atom is -0.487 e. The third-order valence-electron chi connectivity index (χ3n) is 12.8. The summed E-state index contributed by atoms with van der Waals surface area (Å²) in [6.45, 7) is 34.4. The maximum absolute atomic E-state index is 14.4. The van der Waals surface area contributed by atoms with Gasteiger partial charge in [-0.25, -0.2) is 4.79 Å². The van der Waals surface area contributed by atoms with Crippen LogP contribution in [-0.2, 0) is 16.0 Å². The van der Waals surface area contributed by atoms with Gasteiger partial charge in [-0.2, -0.15) is 0 Å². The van der Waals surface area contributed by atoms with Crippen molar-refractivity contribution in [1.82, 2.24) is 10.6 Å². The largest absolute Gasteiger partial charge is 0.487 e. The zero-order chi connectivity index (χ0) is 43.4. The van der Waals surface area contributed by atoms with Crippen molar-refractivity contribution < 1.29 is 23.9 Å². The maximum Gasteiger partial charge on any atom is 0.407 e. The van der Waals surface area contributed by atoms with Crippen LogP contribution in [0.15, 0.2) is 0 Å². The number of alkyl carbamates (subject to hydrolysis) is 1. The molecule has 1 aliphatic heterocycles. The molecule has 2 N–H and O–H groups in total. The van der Waals surface area contributed by atoms with Crippen LogP contribution in [0, 0.1) is 49.4 Å². The molecule has 5 unspecified atom stereocenters. The molecule has 5 atom stereocenters. The average molecular weight is 797 g/mol. The Balaban J connectivity index is 1.95. The number of rotatable bonds is 24. The van der Waals surface area contributed by atoms with E-state index in [9.17, 15) is 14.4 Å². The number of carbonyl (C=O) groups excluding carboxylic acids is 3. The molecule has 1 amide bonds. The highest BCUT2D eigenvalue weighted by Gasteiger charge is 2.40. The van der Waals surface area contributed by atoms with Crippen LogP contribution >= 0.6 is 0 Å². The summed E-state index contributed by atoms with van der Waals surface area (Å²) in [6, 6.07) is -0.236. The van der Waals surface area contributed by atoms with Gasteiger partial charge in [0.25, 0.3) is 0 Å². The van der Waals surface area contributed by atoms with Crippen molar-refractivity contribution in [3.63, 3.8) is 0 Å². The fourth-order valence-corrected chi connectivity index (χ4v) is 8.52. The predicted octanol–water partition coefficient (Wildman–Crippen LogP) is 13.0. The second kappa shape index (κ2) is 22.3. The van der Waals surface area contributed by atoms with Crippen molar-refractivity contribution >= 4 is 17.7 Å². The molecule has 328 valence electrons. The summed E-state index contributed by atoms with van der Waals surface area (Å²) in [7, 11) is 0. The van der Waals surface area contributed by atoms with Gasteiger partial charge in [-0.1, -0.05) is 100 Å². The highest BCUT2D eigenvalue weighted by atomic mass is 16.5. The topological polar surface area (TPSA) is 93.7 Å². The molecule has 0 saturated carbocycles. The van der Waals surface area contributed by atoms with Crippen molar-refractivity contribution in [3.8, 4) is 5.75 Å². The van der Waals surface area contributed by atoms with Crippen molar-refractivity contribution in [2.45, 2.75) is 224 Å². The monoisotopic (exact) mass is 797 g/mol. The highest BCUT2D eigenvalue weighted by molar-refractivity contribution is 6.04. The number of benzene rings is 1. The van der Waals surface area contributed by atoms with E-state index in [0.717, 1.165) is 83.4 Å². The third kappa shape index (κ3) is 16.3. The summed E-state index contributed by atoms with van der Waals surface area (Å²) < 4.78 is 12.6. The summed E-state index contributed by atoms with van der Waals surface area (Å²) in [5, 5.41) is 6.35. The molecule has 0 saturated heterocycles. The number of carbonyl (C=O) groups is 3. The number of amides is 1. The lowest BCUT2D eigenvalue weighted by molar-refractivity contribution is -0.129. The number of ether oxygens (including phenoxy) is 2. The Bertz CT molecular complexity index is 1450. The third-order valence-corrected chi connectivity index (χ3v) is 12.8. The molecule has 0 aromatic heterocycles. The number of Topliss-reactive ketones (excluding diaryl/α,β-unsaturated/α-hetero) is 2. The van der Waals surface area contributed by atoms with Crippen LogP contribution in [0.3, 0.4) is 0 Å². The zero-order valence-corrected chi connectivity index (χ0v) is 39.9. The van der Waals surface area contributed by atoms with E-state index in [1.807, 2.05) is 41.5 Å². The molecule has 0 fully saturated rings. The molecule has 1 aromatic carbocycles. The number of hydrogen-bond acceptors (Lipinski definition) is 6. The number of hydrogen-bond donors (Lipinski definition) is 2. The molecule has 1 aliphatic rings. The SMILES string of the molecule is CCC(C)(COC(=O)NCCCCC(NC(C)(C)C)C(=O)C(C)(C)C)C(=O)c1c(C)c(C)c2c(c1C)CCC(C)(CCCC(C)CCCC(C)CCCC(C)C)O2. The smallest absolute Gasteiger partial charge is 0.407 e. The van der Waals surface area contributed by atoms with Crippen LogP contribution in [0.25, 0.3) is 0 Å². The summed E-state index contributed by atoms with van der Waals surface area (Å²) >= 11 is 0. The average Bonchev–Trinajstić information content (AvgIpc) is 3.10. The van der Waals surface area contributed by atoms with E-state index in [1.54, 1.807) is 0 Å². The normalized spacial score (nSPS) is 18.6. The Kier molecular flexibility index (Phi) is 19.8. The maximum atomic E-state index is 14.4. The van der Waals surface area contributed by atoms with Crippen LogP contribution in [0.5, 0.6) is 5.75 Å². The zero-order valence-electron chi connectivity index (χ0n) is 39.9. The molecule has 57 heavy (non-hydrogen) atoms. The molecule has 0 spiro atoms. The van der Waals surface area contributed by atoms with Crippen molar-refractivity contribution in [3.05, 3.63) is 27.8 Å². The Labute approximate surface area is 350 Å². The van der Waals surface area contributed by atoms with Gasteiger partial charge in [0.05, 0.1) is 11.5 Å². The standard InChI is InChI=1S/C50H88N2O5/c1-17-49(15,33-56-46(55)51-32-19-18-28-41(52-48(12,13)14)44(53)47(9,10)11)45(54)42-37(6)38(7)43-40(39(42)8)29-31-50(16,57-43)30-22-27-36(5)26-21-25-35(4)24-20-23-34(2)3/h34-36,41,52H,17-33H2,1-16H3,(H,51,55). The van der Waals surface area contributed by atoms with Crippen molar-refractivity contribution in [2.24, 2.45) is 28.6 Å². The lowest BCUT2D eigenvalue weighted by Crippen LogP contribution is -2.50. The van der Waals surface area contributed by atoms with Crippen LogP contribution < -0.4 is 15.4 Å². The first-order chi connectivity index (χ1) is 26.3. The number of unbranched alkanes of at least 4 members (excludes halogenated alkanes) is 1. The van der Waals surface area contributed by atoms with Gasteiger partial charge in [0.1, 0.15) is 18.0 Å². The number of ketones is 2. The Morgan fingerprint density at radius 3 is 1.89 bits per heavy atom. The van der Waals surface area contributed by atoms with Crippen LogP contribution in [-0.4, -0.2) is 48.0 Å². The van der Waals surface area contributed by atoms with E-state index < -0.39 is 16.9 Å². The summed E-state index contributed by atoms with van der Waals surface area (Å²) in [5.74, 6) is 3.57. The van der Waals surface area contributed by atoms with E-state index >= 15 is 0 Å². The van der Waals surface area contributed by atoms with Gasteiger partial charge in [0.15, 0.2) is 11.6 Å². The molecule has 0 aliphatic carbocycles. The molecular formula is C50H88N2O5. The first-order valence-electron chi connectivity index (χ1n) is 22.9. The van der Waals surface area contributed by atoms with Gasteiger partial charge in [-0.05, 0) is 147 Å². The lowest BCUT2D eigenvalue weighted by atomic mass is 9.75. The summed E-state index contributed by atoms with van der Waals surface area (Å²) in [4.78, 5) is 40.3. The highest BCUT2D eigenvalue weighted by Crippen LogP contribution is 2.44. The van der Waals surface area contributed by atoms with E-state index in [1.165, 1.54) is 51.4 Å².